The van der Waals surface area contributed by atoms with Crippen molar-refractivity contribution in [3.05, 3.63) is 128 Å². The topological polar surface area (TPSA) is 109 Å². The molecule has 0 aliphatic carbocycles. The molecule has 5 aromatic carbocycles. The quantitative estimate of drug-likeness (QED) is 0.0323. The number of rotatable bonds is 24. The van der Waals surface area contributed by atoms with E-state index in [9.17, 15) is 4.79 Å². The number of nitrogens with two attached hydrogens (primary N) is 2. The van der Waals surface area contributed by atoms with Gasteiger partial charge in [0.2, 0.25) is 0 Å². The minimum atomic E-state index is -0.526. The Kier molecular flexibility index (Phi) is 27.1. The molecule has 0 unspecified atom stereocenters. The van der Waals surface area contributed by atoms with Crippen molar-refractivity contribution in [3.63, 3.8) is 0 Å². The van der Waals surface area contributed by atoms with Crippen LogP contribution in [0.3, 0.4) is 0 Å². The van der Waals surface area contributed by atoms with Gasteiger partial charge in [0.05, 0.1) is 11.2 Å². The predicted octanol–water partition coefficient (Wildman–Crippen LogP) is 19.7. The van der Waals surface area contributed by atoms with Gasteiger partial charge in [-0.25, -0.2) is 4.79 Å². The first-order chi connectivity index (χ1) is 36.9. The molecule has 5 aromatic rings. The maximum absolute atomic E-state index is 11.9. The Labute approximate surface area is 483 Å². The molecule has 9 heteroatoms. The average Bonchev–Trinajstić information content (AvgIpc) is 3.75. The molecule has 7 nitrogen and oxygen atoms in total. The van der Waals surface area contributed by atoms with Gasteiger partial charge in [0.15, 0.2) is 0 Å². The number of benzene rings is 5. The fraction of sp³-hybridized carbons (Fsp3) is 0.551. The zero-order chi connectivity index (χ0) is 57.6. The zero-order valence-corrected chi connectivity index (χ0v) is 53.0. The summed E-state index contributed by atoms with van der Waals surface area (Å²) in [7, 11) is -0.412. The van der Waals surface area contributed by atoms with Crippen LogP contribution in [0.1, 0.15) is 223 Å². The van der Waals surface area contributed by atoms with Crippen molar-refractivity contribution in [1.82, 2.24) is 0 Å². The molecule has 6 rings (SSSR count). The average molecular weight is 1130 g/mol. The molecule has 0 spiro atoms. The van der Waals surface area contributed by atoms with E-state index in [1.807, 2.05) is 85.7 Å². The minimum Gasteiger partial charge on any atom is -0.444 e. The molecule has 0 saturated carbocycles. The molecule has 1 heterocycles. The molecular formula is C69H103BBrN3O4. The highest BCUT2D eigenvalue weighted by Crippen LogP contribution is 2.39. The second-order valence-electron chi connectivity index (χ2n) is 24.2. The Morgan fingerprint density at radius 2 is 0.936 bits per heavy atom. The van der Waals surface area contributed by atoms with Crippen LogP contribution in [0.25, 0.3) is 22.3 Å². The maximum Gasteiger partial charge on any atom is 0.495 e. The standard InChI is InChI=1S/C32H44N2.C19H31Br.C18H28BNO4/c1-5-7-9-11-13-25-21-32(30-18-16-28(34)20-24(30)4)26(14-12-10-8-6-2)22-31(25)29-17-15-27(33)19-23(29)3;1-4-6-8-10-12-17-15-19(20)18(14-16(17)3)13-11-9-7-5-2;1-12-11-13(20-15(21)22-16(2,3)4)9-10-14(12)19-23-17(5,6)18(7,8)24-19/h15-22H,5-14,33-34H2,1-4H3;14-15H,4-13H2,1-3H3;9-11H,1-8H3,(H,20,21). The van der Waals surface area contributed by atoms with Gasteiger partial charge in [-0.1, -0.05) is 157 Å². The predicted molar refractivity (Wildman–Crippen MR) is 343 cm³/mol. The Morgan fingerprint density at radius 3 is 1.33 bits per heavy atom. The highest BCUT2D eigenvalue weighted by Gasteiger charge is 2.52. The van der Waals surface area contributed by atoms with E-state index >= 15 is 0 Å². The SMILES string of the molecule is CCCCCCc1cc(-c2ccc(N)cc2C)c(CCCCCC)cc1-c1ccc(N)cc1C.CCCCCCc1cc(Br)c(CCCCCC)cc1C.Cc1cc(NC(=O)OC(C)(C)C)ccc1B1OC(C)(C)C(C)(C)O1. The van der Waals surface area contributed by atoms with Crippen LogP contribution in [0.15, 0.2) is 83.3 Å². The van der Waals surface area contributed by atoms with Gasteiger partial charge in [-0.05, 0) is 242 Å². The van der Waals surface area contributed by atoms with E-state index in [1.54, 1.807) is 0 Å². The van der Waals surface area contributed by atoms with Gasteiger partial charge in [0.25, 0.3) is 0 Å². The number of carbonyl (C=O) groups excluding carboxylic acids is 1. The summed E-state index contributed by atoms with van der Waals surface area (Å²) in [6, 6.07) is 28.1. The molecule has 0 bridgehead atoms. The van der Waals surface area contributed by atoms with Gasteiger partial charge in [-0.2, -0.15) is 0 Å². The van der Waals surface area contributed by atoms with Crippen molar-refractivity contribution in [2.45, 2.75) is 249 Å². The minimum absolute atomic E-state index is 0.377. The summed E-state index contributed by atoms with van der Waals surface area (Å²) in [6.07, 6.45) is 25.1. The molecule has 0 atom stereocenters. The number of hydrogen-bond donors (Lipinski definition) is 3. The molecule has 428 valence electrons. The summed E-state index contributed by atoms with van der Waals surface area (Å²) in [4.78, 5) is 11.9. The van der Waals surface area contributed by atoms with Crippen molar-refractivity contribution in [2.24, 2.45) is 0 Å². The molecule has 1 aliphatic rings. The first-order valence-electron chi connectivity index (χ1n) is 30.1. The third kappa shape index (κ3) is 20.8. The van der Waals surface area contributed by atoms with Gasteiger partial charge in [-0.15, -0.1) is 0 Å². The summed E-state index contributed by atoms with van der Waals surface area (Å²) in [5.74, 6) is 0. The summed E-state index contributed by atoms with van der Waals surface area (Å²) in [5.41, 5.74) is 30.5. The van der Waals surface area contributed by atoms with Crippen molar-refractivity contribution >= 4 is 51.7 Å². The Hall–Kier alpha value is -4.57. The van der Waals surface area contributed by atoms with E-state index in [4.69, 9.17) is 25.5 Å². The molecule has 0 radical (unpaired) electrons. The maximum atomic E-state index is 11.9. The number of carbonyl (C=O) groups is 1. The number of ether oxygens (including phenoxy) is 1. The van der Waals surface area contributed by atoms with Crippen molar-refractivity contribution < 1.29 is 18.8 Å². The van der Waals surface area contributed by atoms with E-state index in [1.165, 1.54) is 181 Å². The van der Waals surface area contributed by atoms with Crippen molar-refractivity contribution in [1.29, 1.82) is 0 Å². The lowest BCUT2D eigenvalue weighted by molar-refractivity contribution is 0.00578. The van der Waals surface area contributed by atoms with E-state index in [2.05, 4.69) is 118 Å². The molecule has 1 fully saturated rings. The van der Waals surface area contributed by atoms with Crippen molar-refractivity contribution in [3.8, 4) is 22.3 Å². The number of nitrogens with one attached hydrogen (secondary N) is 1. The number of aryl methyl sites for hydroxylation is 8. The van der Waals surface area contributed by atoms with Crippen LogP contribution >= 0.6 is 15.9 Å². The number of halogens is 1. The lowest BCUT2D eigenvalue weighted by Gasteiger charge is -2.32. The normalized spacial score (nSPS) is 13.6. The molecule has 5 N–H and O–H groups in total. The number of nitrogen functional groups attached to an aromatic ring is 2. The number of amides is 1. The number of unbranched alkanes of at least 4 members (excludes halogenated alkanes) is 12. The van der Waals surface area contributed by atoms with Crippen LogP contribution in [-0.4, -0.2) is 30.0 Å². The van der Waals surface area contributed by atoms with Gasteiger partial charge in [0.1, 0.15) is 5.60 Å². The third-order valence-electron chi connectivity index (χ3n) is 15.5. The zero-order valence-electron chi connectivity index (χ0n) is 51.4. The van der Waals surface area contributed by atoms with Crippen LogP contribution in [-0.2, 0) is 39.7 Å². The highest BCUT2D eigenvalue weighted by molar-refractivity contribution is 9.10. The lowest BCUT2D eigenvalue weighted by atomic mass is 9.76. The molecule has 0 aromatic heterocycles. The van der Waals surface area contributed by atoms with Crippen LogP contribution in [0.4, 0.5) is 21.9 Å². The van der Waals surface area contributed by atoms with E-state index in [-0.39, 0.29) is 11.2 Å². The van der Waals surface area contributed by atoms with Gasteiger partial charge >= 0.3 is 13.2 Å². The van der Waals surface area contributed by atoms with Crippen LogP contribution in [0.2, 0.25) is 0 Å². The molecule has 1 saturated heterocycles. The Morgan fingerprint density at radius 1 is 0.513 bits per heavy atom. The molecule has 1 aliphatic heterocycles. The molecule has 1 amide bonds. The smallest absolute Gasteiger partial charge is 0.444 e. The van der Waals surface area contributed by atoms with E-state index in [0.29, 0.717) is 5.69 Å². The number of anilines is 3. The summed E-state index contributed by atoms with van der Waals surface area (Å²) >= 11 is 3.77. The fourth-order valence-electron chi connectivity index (χ4n) is 10.2. The first kappa shape index (κ1) is 66.0. The number of hydrogen-bond acceptors (Lipinski definition) is 6. The Bertz CT molecular complexity index is 2510. The summed E-state index contributed by atoms with van der Waals surface area (Å²) < 4.78 is 18.8. The first-order valence-corrected chi connectivity index (χ1v) is 30.9. The van der Waals surface area contributed by atoms with Crippen LogP contribution in [0, 0.1) is 27.7 Å². The molecular weight excluding hydrogens is 1030 g/mol. The van der Waals surface area contributed by atoms with E-state index in [0.717, 1.165) is 35.2 Å². The Balaban J connectivity index is 0.000000263. The van der Waals surface area contributed by atoms with Crippen LogP contribution in [0.5, 0.6) is 0 Å². The lowest BCUT2D eigenvalue weighted by Crippen LogP contribution is -2.41. The van der Waals surface area contributed by atoms with Crippen molar-refractivity contribution in [2.75, 3.05) is 16.8 Å². The summed E-state index contributed by atoms with van der Waals surface area (Å²) in [6.45, 7) is 31.3. The van der Waals surface area contributed by atoms with E-state index < -0.39 is 18.8 Å². The second-order valence-corrected chi connectivity index (χ2v) is 25.1. The fourth-order valence-corrected chi connectivity index (χ4v) is 10.8. The summed E-state index contributed by atoms with van der Waals surface area (Å²) in [5, 5.41) is 2.75. The van der Waals surface area contributed by atoms with Gasteiger partial charge < -0.3 is 25.5 Å². The largest absolute Gasteiger partial charge is 0.495 e. The monoisotopic (exact) mass is 1130 g/mol. The third-order valence-corrected chi connectivity index (χ3v) is 16.3. The molecule has 78 heavy (non-hydrogen) atoms. The van der Waals surface area contributed by atoms with Gasteiger partial charge in [-0.3, -0.25) is 5.32 Å². The highest BCUT2D eigenvalue weighted by atomic mass is 79.9. The van der Waals surface area contributed by atoms with Crippen LogP contribution < -0.4 is 22.2 Å². The second kappa shape index (κ2) is 32.0. The van der Waals surface area contributed by atoms with Gasteiger partial charge in [0, 0.05) is 21.5 Å².